The number of nitrogens with zero attached hydrogens (tertiary/aromatic N) is 1. The first-order chi connectivity index (χ1) is 26.2. The molecule has 1 aliphatic heterocycles. The van der Waals surface area contributed by atoms with E-state index in [1.165, 1.54) is 55.9 Å². The molecule has 0 bridgehead atoms. The number of methoxy groups -OCH3 is 2. The Bertz CT molecular complexity index is 2140. The van der Waals surface area contributed by atoms with Gasteiger partial charge >= 0.3 is 23.9 Å². The number of hydrogen-bond donors (Lipinski definition) is 2. The number of benzene rings is 1. The molecule has 0 fully saturated rings. The number of hydrogen-bond acceptors (Lipinski definition) is 14. The molecule has 3 aliphatic rings. The predicted octanol–water partition coefficient (Wildman–Crippen LogP) is 4.59. The van der Waals surface area contributed by atoms with Gasteiger partial charge in [0.2, 0.25) is 0 Å². The number of thiophene rings is 2. The lowest BCUT2D eigenvalue weighted by atomic mass is 9.88. The second-order valence-corrected chi connectivity index (χ2v) is 16.0. The number of anilines is 2. The highest BCUT2D eigenvalue weighted by atomic mass is 32.1. The van der Waals surface area contributed by atoms with Crippen molar-refractivity contribution in [1.29, 1.82) is 0 Å². The van der Waals surface area contributed by atoms with Gasteiger partial charge in [0.05, 0.1) is 42.0 Å². The van der Waals surface area contributed by atoms with Crippen LogP contribution >= 0.6 is 22.7 Å². The lowest BCUT2D eigenvalue weighted by Gasteiger charge is -2.20. The van der Waals surface area contributed by atoms with E-state index in [0.717, 1.165) is 52.6 Å². The highest BCUT2D eigenvalue weighted by Crippen LogP contribution is 2.41. The van der Waals surface area contributed by atoms with E-state index in [-0.39, 0.29) is 22.3 Å². The van der Waals surface area contributed by atoms with Crippen molar-refractivity contribution < 1.29 is 57.3 Å². The first-order valence-electron chi connectivity index (χ1n) is 17.6. The maximum absolute atomic E-state index is 13.4. The SMILES string of the molecule is COC(=O)c1c(NC(=O)COC(=O)c2ccc3c(c2)C(=O)N([C@H](C)C(=O)OCC(=O)Nc2sc4c(c2C(=O)OC)CC[C@H](C)C4)C3=O)sc2c1CC[C@@H](C)C2. The number of carbonyl (C=O) groups excluding carboxylic acids is 8. The Morgan fingerprint density at radius 1 is 0.745 bits per heavy atom. The highest BCUT2D eigenvalue weighted by molar-refractivity contribution is 7.17. The summed E-state index contributed by atoms with van der Waals surface area (Å²) in [6, 6.07) is 2.17. The molecule has 3 heterocycles. The first kappa shape index (κ1) is 39.3. The van der Waals surface area contributed by atoms with Crippen LogP contribution in [0, 0.1) is 11.8 Å². The summed E-state index contributed by atoms with van der Waals surface area (Å²) in [6.07, 6.45) is 4.64. The average molecular weight is 794 g/mol. The number of carbonyl (C=O) groups is 8. The lowest BCUT2D eigenvalue weighted by Crippen LogP contribution is -2.44. The van der Waals surface area contributed by atoms with Crippen molar-refractivity contribution in [2.24, 2.45) is 11.8 Å². The van der Waals surface area contributed by atoms with Crippen LogP contribution in [0.2, 0.25) is 0 Å². The molecular formula is C38H39N3O12S2. The molecule has 0 spiro atoms. The average Bonchev–Trinajstić information content (AvgIpc) is 3.78. The molecule has 0 saturated heterocycles. The minimum Gasteiger partial charge on any atom is -0.465 e. The van der Waals surface area contributed by atoms with Crippen LogP contribution in [0.25, 0.3) is 0 Å². The van der Waals surface area contributed by atoms with Crippen LogP contribution in [-0.4, -0.2) is 85.9 Å². The van der Waals surface area contributed by atoms with Crippen LogP contribution in [0.4, 0.5) is 10.0 Å². The molecule has 290 valence electrons. The Hall–Kier alpha value is -5.42. The molecule has 17 heteroatoms. The smallest absolute Gasteiger partial charge is 0.341 e. The van der Waals surface area contributed by atoms with Crippen molar-refractivity contribution in [2.75, 3.05) is 38.1 Å². The number of imide groups is 1. The van der Waals surface area contributed by atoms with E-state index < -0.39 is 66.8 Å². The maximum Gasteiger partial charge on any atom is 0.341 e. The second kappa shape index (κ2) is 16.1. The van der Waals surface area contributed by atoms with Crippen molar-refractivity contribution >= 4 is 80.2 Å². The summed E-state index contributed by atoms with van der Waals surface area (Å²) in [5, 5.41) is 5.88. The van der Waals surface area contributed by atoms with Crippen LogP contribution in [0.15, 0.2) is 18.2 Å². The number of amides is 4. The van der Waals surface area contributed by atoms with Gasteiger partial charge in [0.15, 0.2) is 13.2 Å². The Labute approximate surface area is 323 Å². The van der Waals surface area contributed by atoms with Gasteiger partial charge in [-0.05, 0) is 86.6 Å². The molecule has 6 rings (SSSR count). The zero-order valence-electron chi connectivity index (χ0n) is 30.8. The number of ether oxygens (including phenoxy) is 4. The summed E-state index contributed by atoms with van der Waals surface area (Å²) in [6.45, 7) is 4.01. The van der Waals surface area contributed by atoms with Gasteiger partial charge in [-0.15, -0.1) is 22.7 Å². The normalized spacial score (nSPS) is 17.7. The molecule has 0 unspecified atom stereocenters. The quantitative estimate of drug-likeness (QED) is 0.156. The van der Waals surface area contributed by atoms with E-state index in [1.54, 1.807) is 0 Å². The topological polar surface area (TPSA) is 201 Å². The van der Waals surface area contributed by atoms with Gasteiger partial charge in [0.1, 0.15) is 16.0 Å². The zero-order valence-corrected chi connectivity index (χ0v) is 32.4. The largest absolute Gasteiger partial charge is 0.465 e. The molecule has 3 aromatic rings. The molecular weight excluding hydrogens is 755 g/mol. The van der Waals surface area contributed by atoms with E-state index in [1.807, 2.05) is 0 Å². The third-order valence-corrected chi connectivity index (χ3v) is 12.2. The fourth-order valence-corrected chi connectivity index (χ4v) is 9.78. The maximum atomic E-state index is 13.4. The van der Waals surface area contributed by atoms with Crippen LogP contribution in [0.3, 0.4) is 0 Å². The van der Waals surface area contributed by atoms with Crippen LogP contribution in [0.5, 0.6) is 0 Å². The van der Waals surface area contributed by atoms with Crippen molar-refractivity contribution in [3.8, 4) is 0 Å². The van der Waals surface area contributed by atoms with Gasteiger partial charge in [-0.25, -0.2) is 19.2 Å². The number of esters is 4. The fourth-order valence-electron chi connectivity index (χ4n) is 6.95. The molecule has 2 aliphatic carbocycles. The second-order valence-electron chi connectivity index (χ2n) is 13.8. The number of rotatable bonds is 11. The molecule has 55 heavy (non-hydrogen) atoms. The van der Waals surface area contributed by atoms with Gasteiger partial charge < -0.3 is 29.6 Å². The summed E-state index contributed by atoms with van der Waals surface area (Å²) in [5.41, 5.74) is 1.87. The standard InChI is InChI=1S/C38H39N3O12S2/c1-17-6-9-22-25(12-17)54-31(29(22)37(48)50-4)39-27(42)15-52-35(46)19(3)41-33(44)21-11-8-20(14-24(21)34(41)45)36(47)53-16-28(43)40-32-30(38(49)51-5)23-10-7-18(2)13-26(23)55-32/h8,11,14,17-19H,6-7,9-10,12-13,15-16H2,1-5H3,(H,39,42)(H,40,43)/t17-,18+,19+/m0/s1. The van der Waals surface area contributed by atoms with E-state index in [9.17, 15) is 38.4 Å². The van der Waals surface area contributed by atoms with E-state index in [4.69, 9.17) is 18.9 Å². The molecule has 0 saturated carbocycles. The Morgan fingerprint density at radius 2 is 1.24 bits per heavy atom. The van der Waals surface area contributed by atoms with E-state index >= 15 is 0 Å². The van der Waals surface area contributed by atoms with Crippen LogP contribution in [0.1, 0.15) is 106 Å². The summed E-state index contributed by atoms with van der Waals surface area (Å²) < 4.78 is 20.2. The Balaban J connectivity index is 1.05. The van der Waals surface area contributed by atoms with Gasteiger partial charge in [-0.2, -0.15) is 0 Å². The van der Waals surface area contributed by atoms with Crippen LogP contribution in [-0.2, 0) is 59.0 Å². The molecule has 2 N–H and O–H groups in total. The molecule has 3 atom stereocenters. The summed E-state index contributed by atoms with van der Waals surface area (Å²) in [7, 11) is 2.51. The van der Waals surface area contributed by atoms with Crippen molar-refractivity contribution in [3.05, 3.63) is 66.9 Å². The monoisotopic (exact) mass is 793 g/mol. The van der Waals surface area contributed by atoms with Gasteiger partial charge in [0.25, 0.3) is 23.6 Å². The Morgan fingerprint density at radius 3 is 1.75 bits per heavy atom. The molecule has 2 aromatic heterocycles. The summed E-state index contributed by atoms with van der Waals surface area (Å²) in [4.78, 5) is 106. The molecule has 4 amide bonds. The molecule has 15 nitrogen and oxygen atoms in total. The van der Waals surface area contributed by atoms with Crippen molar-refractivity contribution in [1.82, 2.24) is 4.90 Å². The molecule has 1 aromatic carbocycles. The van der Waals surface area contributed by atoms with E-state index in [0.29, 0.717) is 45.1 Å². The third kappa shape index (κ3) is 7.89. The van der Waals surface area contributed by atoms with Crippen molar-refractivity contribution in [2.45, 2.75) is 65.3 Å². The number of fused-ring (bicyclic) bond motifs is 3. The predicted molar refractivity (Wildman–Crippen MR) is 199 cm³/mol. The van der Waals surface area contributed by atoms with Gasteiger partial charge in [0, 0.05) is 9.75 Å². The third-order valence-electron chi connectivity index (χ3n) is 9.87. The Kier molecular flexibility index (Phi) is 11.5. The molecule has 0 radical (unpaired) electrons. The first-order valence-corrected chi connectivity index (χ1v) is 19.3. The summed E-state index contributed by atoms with van der Waals surface area (Å²) >= 11 is 2.55. The highest BCUT2D eigenvalue weighted by Gasteiger charge is 2.42. The van der Waals surface area contributed by atoms with Gasteiger partial charge in [-0.3, -0.25) is 24.1 Å². The zero-order chi connectivity index (χ0) is 39.7. The van der Waals surface area contributed by atoms with E-state index in [2.05, 4.69) is 24.5 Å². The fraction of sp³-hybridized carbons (Fsp3) is 0.421. The van der Waals surface area contributed by atoms with Crippen LogP contribution < -0.4 is 10.6 Å². The lowest BCUT2D eigenvalue weighted by molar-refractivity contribution is -0.150. The van der Waals surface area contributed by atoms with Crippen molar-refractivity contribution in [3.63, 3.8) is 0 Å². The summed E-state index contributed by atoms with van der Waals surface area (Å²) in [5.74, 6) is -5.44. The minimum absolute atomic E-state index is 0.0747. The van der Waals surface area contributed by atoms with Gasteiger partial charge in [-0.1, -0.05) is 13.8 Å². The minimum atomic E-state index is -1.44. The number of nitrogens with one attached hydrogen (secondary N) is 2.